The van der Waals surface area contributed by atoms with Crippen LogP contribution in [-0.4, -0.2) is 35.4 Å². The standard InChI is InChI=1S/C11H16N2O/c14-10-11-3-6-13(9-11)8-7-12-4-1-2-5-12/h3,6,9-10H,1-2,4-5,7-8H2. The van der Waals surface area contributed by atoms with Crippen molar-refractivity contribution in [1.82, 2.24) is 9.47 Å². The second-order valence-electron chi connectivity index (χ2n) is 3.85. The SMILES string of the molecule is O=Cc1ccn(CCN2CCCC2)c1. The third-order valence-corrected chi connectivity index (χ3v) is 2.78. The molecule has 0 amide bonds. The van der Waals surface area contributed by atoms with E-state index < -0.39 is 0 Å². The van der Waals surface area contributed by atoms with E-state index in [1.165, 1.54) is 25.9 Å². The highest BCUT2D eigenvalue weighted by molar-refractivity contribution is 5.74. The Morgan fingerprint density at radius 3 is 2.71 bits per heavy atom. The Kier molecular flexibility index (Phi) is 2.99. The summed E-state index contributed by atoms with van der Waals surface area (Å²) in [5, 5.41) is 0. The second-order valence-corrected chi connectivity index (χ2v) is 3.85. The highest BCUT2D eigenvalue weighted by Gasteiger charge is 2.10. The summed E-state index contributed by atoms with van der Waals surface area (Å²) in [5.74, 6) is 0. The second kappa shape index (κ2) is 4.42. The minimum absolute atomic E-state index is 0.770. The van der Waals surface area contributed by atoms with Gasteiger partial charge in [-0.25, -0.2) is 0 Å². The fourth-order valence-corrected chi connectivity index (χ4v) is 1.93. The largest absolute Gasteiger partial charge is 0.352 e. The molecule has 1 aliphatic heterocycles. The Labute approximate surface area is 84.3 Å². The highest BCUT2D eigenvalue weighted by Crippen LogP contribution is 2.07. The van der Waals surface area contributed by atoms with Gasteiger partial charge in [0.05, 0.1) is 0 Å². The van der Waals surface area contributed by atoms with E-state index in [0.717, 1.165) is 24.9 Å². The van der Waals surface area contributed by atoms with Crippen LogP contribution < -0.4 is 0 Å². The van der Waals surface area contributed by atoms with Crippen LogP contribution in [0.3, 0.4) is 0 Å². The first-order valence-corrected chi connectivity index (χ1v) is 5.22. The van der Waals surface area contributed by atoms with E-state index in [4.69, 9.17) is 0 Å². The first-order chi connectivity index (χ1) is 6.88. The quantitative estimate of drug-likeness (QED) is 0.674. The van der Waals surface area contributed by atoms with Crippen LogP contribution >= 0.6 is 0 Å². The highest BCUT2D eigenvalue weighted by atomic mass is 16.1. The van der Waals surface area contributed by atoms with Crippen molar-refractivity contribution in [2.45, 2.75) is 19.4 Å². The molecule has 1 aliphatic rings. The van der Waals surface area contributed by atoms with Crippen LogP contribution in [-0.2, 0) is 6.54 Å². The summed E-state index contributed by atoms with van der Waals surface area (Å²) in [7, 11) is 0. The van der Waals surface area contributed by atoms with Gasteiger partial charge in [0.1, 0.15) is 0 Å². The lowest BCUT2D eigenvalue weighted by atomic mass is 10.4. The Bertz CT molecular complexity index is 300. The van der Waals surface area contributed by atoms with Crippen molar-refractivity contribution >= 4 is 6.29 Å². The number of likely N-dealkylation sites (tertiary alicyclic amines) is 1. The molecule has 0 unspecified atom stereocenters. The molecule has 3 nitrogen and oxygen atoms in total. The van der Waals surface area contributed by atoms with Gasteiger partial charge < -0.3 is 9.47 Å². The summed E-state index contributed by atoms with van der Waals surface area (Å²) in [6.45, 7) is 4.57. The van der Waals surface area contributed by atoms with Gasteiger partial charge in [0.15, 0.2) is 6.29 Å². The number of aldehydes is 1. The average Bonchev–Trinajstić information content (AvgIpc) is 2.86. The topological polar surface area (TPSA) is 25.2 Å². The fourth-order valence-electron chi connectivity index (χ4n) is 1.93. The number of rotatable bonds is 4. The molecule has 1 aromatic rings. The number of carbonyl (C=O) groups is 1. The summed E-state index contributed by atoms with van der Waals surface area (Å²) < 4.78 is 2.09. The zero-order valence-corrected chi connectivity index (χ0v) is 8.35. The van der Waals surface area contributed by atoms with Gasteiger partial charge in [-0.15, -0.1) is 0 Å². The molecule has 1 aromatic heterocycles. The summed E-state index contributed by atoms with van der Waals surface area (Å²) in [6, 6.07) is 1.86. The van der Waals surface area contributed by atoms with Crippen LogP contribution in [0.2, 0.25) is 0 Å². The van der Waals surface area contributed by atoms with E-state index >= 15 is 0 Å². The van der Waals surface area contributed by atoms with Gasteiger partial charge in [-0.05, 0) is 32.0 Å². The zero-order chi connectivity index (χ0) is 9.80. The monoisotopic (exact) mass is 192 g/mol. The lowest BCUT2D eigenvalue weighted by Crippen LogP contribution is -2.23. The van der Waals surface area contributed by atoms with E-state index in [1.54, 1.807) is 0 Å². The molecular weight excluding hydrogens is 176 g/mol. The van der Waals surface area contributed by atoms with Gasteiger partial charge in [0.25, 0.3) is 0 Å². The molecule has 0 saturated carbocycles. The van der Waals surface area contributed by atoms with Gasteiger partial charge in [-0.3, -0.25) is 4.79 Å². The fraction of sp³-hybridized carbons (Fsp3) is 0.545. The van der Waals surface area contributed by atoms with Gasteiger partial charge >= 0.3 is 0 Å². The van der Waals surface area contributed by atoms with Crippen LogP contribution in [0.15, 0.2) is 18.5 Å². The van der Waals surface area contributed by atoms with Crippen LogP contribution in [0.1, 0.15) is 23.2 Å². The predicted molar refractivity (Wildman–Crippen MR) is 55.5 cm³/mol. The van der Waals surface area contributed by atoms with Gasteiger partial charge in [0.2, 0.25) is 0 Å². The number of hydrogen-bond donors (Lipinski definition) is 0. The molecule has 0 aliphatic carbocycles. The van der Waals surface area contributed by atoms with Crippen molar-refractivity contribution in [2.24, 2.45) is 0 Å². The van der Waals surface area contributed by atoms with E-state index in [2.05, 4.69) is 9.47 Å². The minimum Gasteiger partial charge on any atom is -0.352 e. The first kappa shape index (κ1) is 9.46. The smallest absolute Gasteiger partial charge is 0.151 e. The maximum atomic E-state index is 10.5. The summed E-state index contributed by atoms with van der Waals surface area (Å²) >= 11 is 0. The van der Waals surface area contributed by atoms with Crippen molar-refractivity contribution < 1.29 is 4.79 Å². The van der Waals surface area contributed by atoms with Gasteiger partial charge in [0, 0.05) is 31.0 Å². The molecule has 3 heteroatoms. The molecule has 2 heterocycles. The maximum absolute atomic E-state index is 10.5. The van der Waals surface area contributed by atoms with E-state index in [1.807, 2.05) is 18.5 Å². The first-order valence-electron chi connectivity index (χ1n) is 5.22. The normalized spacial score (nSPS) is 17.4. The Morgan fingerprint density at radius 2 is 2.07 bits per heavy atom. The lowest BCUT2D eigenvalue weighted by molar-refractivity contribution is 0.112. The molecule has 0 radical (unpaired) electrons. The van der Waals surface area contributed by atoms with Gasteiger partial charge in [-0.1, -0.05) is 0 Å². The molecule has 0 atom stereocenters. The van der Waals surface area contributed by atoms with E-state index in [9.17, 15) is 4.79 Å². The molecule has 14 heavy (non-hydrogen) atoms. The van der Waals surface area contributed by atoms with Crippen LogP contribution in [0, 0.1) is 0 Å². The van der Waals surface area contributed by atoms with Crippen LogP contribution in [0.4, 0.5) is 0 Å². The Balaban J connectivity index is 1.81. The maximum Gasteiger partial charge on any atom is 0.151 e. The number of nitrogens with zero attached hydrogens (tertiary/aromatic N) is 2. The third-order valence-electron chi connectivity index (χ3n) is 2.78. The lowest BCUT2D eigenvalue weighted by Gasteiger charge is -2.14. The molecule has 0 aromatic carbocycles. The van der Waals surface area contributed by atoms with Crippen LogP contribution in [0.5, 0.6) is 0 Å². The number of carbonyl (C=O) groups excluding carboxylic acids is 1. The zero-order valence-electron chi connectivity index (χ0n) is 8.35. The van der Waals surface area contributed by atoms with Crippen molar-refractivity contribution in [2.75, 3.05) is 19.6 Å². The minimum atomic E-state index is 0.770. The predicted octanol–water partition coefficient (Wildman–Crippen LogP) is 1.40. The average molecular weight is 192 g/mol. The van der Waals surface area contributed by atoms with Crippen molar-refractivity contribution in [3.05, 3.63) is 24.0 Å². The molecule has 1 fully saturated rings. The van der Waals surface area contributed by atoms with Crippen molar-refractivity contribution in [3.63, 3.8) is 0 Å². The Morgan fingerprint density at radius 1 is 1.29 bits per heavy atom. The molecule has 2 rings (SSSR count). The van der Waals surface area contributed by atoms with E-state index in [-0.39, 0.29) is 0 Å². The van der Waals surface area contributed by atoms with Gasteiger partial charge in [-0.2, -0.15) is 0 Å². The number of hydrogen-bond acceptors (Lipinski definition) is 2. The molecule has 0 bridgehead atoms. The number of aromatic nitrogens is 1. The summed E-state index contributed by atoms with van der Waals surface area (Å²) in [6.07, 6.45) is 7.45. The molecular formula is C11H16N2O. The third kappa shape index (κ3) is 2.23. The summed E-state index contributed by atoms with van der Waals surface area (Å²) in [4.78, 5) is 12.9. The molecule has 76 valence electrons. The van der Waals surface area contributed by atoms with E-state index in [0.29, 0.717) is 0 Å². The molecule has 0 spiro atoms. The summed E-state index contributed by atoms with van der Waals surface area (Å²) in [5.41, 5.74) is 0.770. The molecule has 1 saturated heterocycles. The van der Waals surface area contributed by atoms with Crippen LogP contribution in [0.25, 0.3) is 0 Å². The molecule has 0 N–H and O–H groups in total. The Hall–Kier alpha value is -1.09. The van der Waals surface area contributed by atoms with Crippen molar-refractivity contribution in [3.8, 4) is 0 Å². The van der Waals surface area contributed by atoms with Crippen molar-refractivity contribution in [1.29, 1.82) is 0 Å².